The number of carboxylic acid groups (broad SMARTS) is 1. The Morgan fingerprint density at radius 2 is 2.00 bits per heavy atom. The molecule has 21 heavy (non-hydrogen) atoms. The van der Waals surface area contributed by atoms with E-state index in [4.69, 9.17) is 5.11 Å². The van der Waals surface area contributed by atoms with Gasteiger partial charge in [0.1, 0.15) is 0 Å². The maximum atomic E-state index is 13.0. The van der Waals surface area contributed by atoms with Crippen LogP contribution >= 0.6 is 15.9 Å². The lowest BCUT2D eigenvalue weighted by Crippen LogP contribution is -2.33. The molecule has 1 N–H and O–H groups in total. The molecule has 0 radical (unpaired) electrons. The molecule has 1 aromatic carbocycles. The van der Waals surface area contributed by atoms with Gasteiger partial charge in [-0.1, -0.05) is 34.1 Å². The van der Waals surface area contributed by atoms with Gasteiger partial charge in [0.25, 0.3) is 0 Å². The summed E-state index contributed by atoms with van der Waals surface area (Å²) in [5.41, 5.74) is 0.851. The monoisotopic (exact) mass is 365 g/mol. The number of carboxylic acids is 1. The highest BCUT2D eigenvalue weighted by Crippen LogP contribution is 2.41. The topological polar surface area (TPSA) is 40.5 Å². The Morgan fingerprint density at radius 1 is 1.38 bits per heavy atom. The van der Waals surface area contributed by atoms with Gasteiger partial charge in [-0.2, -0.15) is 13.2 Å². The van der Waals surface area contributed by atoms with Gasteiger partial charge in [0.05, 0.1) is 11.8 Å². The number of carbonyl (C=O) groups is 1. The van der Waals surface area contributed by atoms with E-state index in [1.807, 2.05) is 24.3 Å². The number of benzene rings is 1. The van der Waals surface area contributed by atoms with Crippen molar-refractivity contribution in [1.82, 2.24) is 4.90 Å². The van der Waals surface area contributed by atoms with Crippen LogP contribution in [0.15, 0.2) is 28.7 Å². The number of rotatable bonds is 3. The van der Waals surface area contributed by atoms with Crippen LogP contribution in [-0.2, 0) is 4.79 Å². The van der Waals surface area contributed by atoms with Gasteiger partial charge < -0.3 is 5.11 Å². The smallest absolute Gasteiger partial charge is 0.393 e. The second kappa shape index (κ2) is 5.96. The van der Waals surface area contributed by atoms with E-state index in [1.165, 1.54) is 0 Å². The summed E-state index contributed by atoms with van der Waals surface area (Å²) in [6.45, 7) is 1.41. The zero-order valence-electron chi connectivity index (χ0n) is 11.3. The number of alkyl halides is 3. The first-order valence-electron chi connectivity index (χ1n) is 6.49. The van der Waals surface area contributed by atoms with Gasteiger partial charge in [-0.25, -0.2) is 0 Å². The molecule has 0 aromatic heterocycles. The number of halogens is 4. The SMILES string of the molecule is CC(c1ccccc1Br)N1C[C@@H](C(F)(F)F)[C@H](C(=O)O)C1. The summed E-state index contributed by atoms with van der Waals surface area (Å²) in [7, 11) is 0. The molecule has 1 unspecified atom stereocenters. The summed E-state index contributed by atoms with van der Waals surface area (Å²) in [5.74, 6) is -4.62. The summed E-state index contributed by atoms with van der Waals surface area (Å²) < 4.78 is 39.8. The van der Waals surface area contributed by atoms with Gasteiger partial charge in [-0.3, -0.25) is 9.69 Å². The highest BCUT2D eigenvalue weighted by atomic mass is 79.9. The highest BCUT2D eigenvalue weighted by molar-refractivity contribution is 9.10. The molecular formula is C14H15BrF3NO2. The first-order valence-corrected chi connectivity index (χ1v) is 7.29. The summed E-state index contributed by atoms with van der Waals surface area (Å²) in [4.78, 5) is 12.7. The molecule has 7 heteroatoms. The van der Waals surface area contributed by atoms with E-state index >= 15 is 0 Å². The molecule has 0 aliphatic carbocycles. The van der Waals surface area contributed by atoms with E-state index in [-0.39, 0.29) is 19.1 Å². The van der Waals surface area contributed by atoms with Gasteiger partial charge in [0.15, 0.2) is 0 Å². The van der Waals surface area contributed by atoms with E-state index in [2.05, 4.69) is 15.9 Å². The molecule has 3 atom stereocenters. The van der Waals surface area contributed by atoms with Crippen LogP contribution in [0.3, 0.4) is 0 Å². The van der Waals surface area contributed by atoms with Crippen molar-refractivity contribution in [2.45, 2.75) is 19.1 Å². The summed E-state index contributed by atoms with van der Waals surface area (Å²) in [5, 5.41) is 9.04. The third-order valence-corrected chi connectivity index (χ3v) is 4.71. The summed E-state index contributed by atoms with van der Waals surface area (Å²) >= 11 is 3.38. The van der Waals surface area contributed by atoms with Gasteiger partial charge in [0, 0.05) is 23.6 Å². The van der Waals surface area contributed by atoms with Crippen LogP contribution in [-0.4, -0.2) is 35.2 Å². The predicted octanol–water partition coefficient (Wildman–Crippen LogP) is 3.71. The molecule has 1 heterocycles. The van der Waals surface area contributed by atoms with Crippen molar-refractivity contribution < 1.29 is 23.1 Å². The molecule has 1 aliphatic rings. The molecule has 1 fully saturated rings. The van der Waals surface area contributed by atoms with Crippen LogP contribution in [0, 0.1) is 11.8 Å². The van der Waals surface area contributed by atoms with Crippen molar-refractivity contribution in [3.63, 3.8) is 0 Å². The fourth-order valence-electron chi connectivity index (χ4n) is 2.74. The zero-order chi connectivity index (χ0) is 15.8. The van der Waals surface area contributed by atoms with Crippen LogP contribution in [0.5, 0.6) is 0 Å². The van der Waals surface area contributed by atoms with Crippen molar-refractivity contribution in [3.05, 3.63) is 34.3 Å². The van der Waals surface area contributed by atoms with Crippen molar-refractivity contribution in [2.75, 3.05) is 13.1 Å². The number of hydrogen-bond donors (Lipinski definition) is 1. The Balaban J connectivity index is 2.23. The number of aliphatic carboxylic acids is 1. The standard InChI is InChI=1S/C14H15BrF3NO2/c1-8(9-4-2-3-5-12(9)15)19-6-10(13(20)21)11(7-19)14(16,17)18/h2-5,8,10-11H,6-7H2,1H3,(H,20,21)/t8?,10-,11-/m1/s1. The molecule has 1 saturated heterocycles. The Hall–Kier alpha value is -1.08. The largest absolute Gasteiger partial charge is 0.481 e. The minimum atomic E-state index is -4.49. The zero-order valence-corrected chi connectivity index (χ0v) is 12.9. The Kier molecular flexibility index (Phi) is 4.63. The summed E-state index contributed by atoms with van der Waals surface area (Å²) in [6.07, 6.45) is -4.49. The van der Waals surface area contributed by atoms with Crippen molar-refractivity contribution in [2.24, 2.45) is 11.8 Å². The minimum absolute atomic E-state index is 0.0952. The van der Waals surface area contributed by atoms with Crippen LogP contribution < -0.4 is 0 Å². The molecule has 116 valence electrons. The predicted molar refractivity (Wildman–Crippen MR) is 74.8 cm³/mol. The quantitative estimate of drug-likeness (QED) is 0.887. The maximum absolute atomic E-state index is 13.0. The van der Waals surface area contributed by atoms with E-state index in [0.717, 1.165) is 10.0 Å². The molecule has 0 bridgehead atoms. The van der Waals surface area contributed by atoms with Crippen molar-refractivity contribution in [3.8, 4) is 0 Å². The van der Waals surface area contributed by atoms with Crippen LogP contribution in [0.4, 0.5) is 13.2 Å². The molecule has 0 spiro atoms. The molecular weight excluding hydrogens is 351 g/mol. The van der Waals surface area contributed by atoms with Crippen LogP contribution in [0.25, 0.3) is 0 Å². The Bertz CT molecular complexity index is 535. The van der Waals surface area contributed by atoms with E-state index in [1.54, 1.807) is 11.8 Å². The van der Waals surface area contributed by atoms with Gasteiger partial charge >= 0.3 is 12.1 Å². The minimum Gasteiger partial charge on any atom is -0.481 e. The van der Waals surface area contributed by atoms with Crippen molar-refractivity contribution in [1.29, 1.82) is 0 Å². The second-order valence-electron chi connectivity index (χ2n) is 5.24. The lowest BCUT2D eigenvalue weighted by atomic mass is 9.96. The lowest BCUT2D eigenvalue weighted by molar-refractivity contribution is -0.188. The molecule has 0 saturated carbocycles. The third-order valence-electron chi connectivity index (χ3n) is 3.99. The van der Waals surface area contributed by atoms with E-state index in [0.29, 0.717) is 0 Å². The first-order chi connectivity index (χ1) is 9.71. The van der Waals surface area contributed by atoms with Gasteiger partial charge in [-0.05, 0) is 18.6 Å². The van der Waals surface area contributed by atoms with Crippen molar-refractivity contribution >= 4 is 21.9 Å². The molecule has 1 aromatic rings. The Labute approximate surface area is 128 Å². The average molecular weight is 366 g/mol. The molecule has 2 rings (SSSR count). The number of nitrogens with zero attached hydrogens (tertiary/aromatic N) is 1. The number of hydrogen-bond acceptors (Lipinski definition) is 2. The van der Waals surface area contributed by atoms with Crippen LogP contribution in [0.2, 0.25) is 0 Å². The van der Waals surface area contributed by atoms with Crippen LogP contribution in [0.1, 0.15) is 18.5 Å². The average Bonchev–Trinajstić information content (AvgIpc) is 2.83. The first kappa shape index (κ1) is 16.3. The normalized spacial score (nSPS) is 25.0. The number of likely N-dealkylation sites (tertiary alicyclic amines) is 1. The second-order valence-corrected chi connectivity index (χ2v) is 6.10. The Morgan fingerprint density at radius 3 is 2.48 bits per heavy atom. The summed E-state index contributed by atoms with van der Waals surface area (Å²) in [6, 6.07) is 6.99. The fourth-order valence-corrected chi connectivity index (χ4v) is 3.36. The molecule has 1 aliphatic heterocycles. The molecule has 3 nitrogen and oxygen atoms in total. The van der Waals surface area contributed by atoms with Gasteiger partial charge in [0.2, 0.25) is 0 Å². The van der Waals surface area contributed by atoms with Gasteiger partial charge in [-0.15, -0.1) is 0 Å². The molecule has 0 amide bonds. The lowest BCUT2D eigenvalue weighted by Gasteiger charge is -2.25. The van der Waals surface area contributed by atoms with E-state index in [9.17, 15) is 18.0 Å². The fraction of sp³-hybridized carbons (Fsp3) is 0.500. The maximum Gasteiger partial charge on any atom is 0.393 e. The van der Waals surface area contributed by atoms with E-state index < -0.39 is 24.0 Å². The third kappa shape index (κ3) is 3.40. The highest BCUT2D eigenvalue weighted by Gasteiger charge is 2.53.